The van der Waals surface area contributed by atoms with Gasteiger partial charge in [-0.3, -0.25) is 0 Å². The maximum absolute atomic E-state index is 7.27. The molecule has 0 atom stereocenters. The first-order chi connectivity index (χ1) is 27.8. The van der Waals surface area contributed by atoms with Crippen molar-refractivity contribution in [3.8, 4) is 23.0 Å². The van der Waals surface area contributed by atoms with Crippen molar-refractivity contribution in [2.24, 2.45) is 0 Å². The Kier molecular flexibility index (Phi) is 6.15. The third kappa shape index (κ3) is 3.98. The van der Waals surface area contributed by atoms with Crippen LogP contribution in [0.1, 0.15) is 0 Å². The van der Waals surface area contributed by atoms with E-state index in [0.717, 1.165) is 28.7 Å². The van der Waals surface area contributed by atoms with Gasteiger partial charge in [-0.15, -0.1) is 0 Å². The number of para-hydroxylation sites is 2. The van der Waals surface area contributed by atoms with Crippen molar-refractivity contribution >= 4 is 143 Å². The molecule has 0 fully saturated rings. The molecular weight excluding hydrogens is 834 g/mol. The van der Waals surface area contributed by atoms with E-state index in [1.807, 2.05) is 11.8 Å². The van der Waals surface area contributed by atoms with Crippen LogP contribution < -0.4 is 47.2 Å². The van der Waals surface area contributed by atoms with Crippen LogP contribution in [0.5, 0.6) is 23.0 Å². The second-order valence-electron chi connectivity index (χ2n) is 15.1. The zero-order valence-corrected chi connectivity index (χ0v) is 33.8. The Morgan fingerprint density at radius 3 is 1.91 bits per heavy atom. The fourth-order valence-corrected chi connectivity index (χ4v) is 16.3. The average Bonchev–Trinajstić information content (AvgIpc) is 3.81. The van der Waals surface area contributed by atoms with Gasteiger partial charge < -0.3 is 0 Å². The van der Waals surface area contributed by atoms with Crippen molar-refractivity contribution in [1.29, 1.82) is 0 Å². The summed E-state index contributed by atoms with van der Waals surface area (Å²) in [5.74, 6) is 3.86. The van der Waals surface area contributed by atoms with E-state index >= 15 is 0 Å². The van der Waals surface area contributed by atoms with Gasteiger partial charge in [0.2, 0.25) is 0 Å². The van der Waals surface area contributed by atoms with Crippen LogP contribution >= 0.6 is 11.8 Å². The van der Waals surface area contributed by atoms with Crippen molar-refractivity contribution in [3.05, 3.63) is 152 Å². The van der Waals surface area contributed by atoms with Crippen LogP contribution in [0.3, 0.4) is 0 Å². The van der Waals surface area contributed by atoms with Gasteiger partial charge in [0, 0.05) is 0 Å². The van der Waals surface area contributed by atoms with Crippen LogP contribution in [0.2, 0.25) is 0 Å². The quantitative estimate of drug-likeness (QED) is 0.157. The molecule has 4 aliphatic rings. The number of nitrogens with zero attached hydrogens (tertiary/aromatic N) is 1. The molecule has 2 aromatic heterocycles. The SMILES string of the molecule is c1ccc(N2c3cc4c(cc3B3c5ccccc5Oc5cc6[se]c7ccccc7c6c2c53)B2c3ccccc3Sc3c2c(cc2[se]c5ccccc5c32)O4)cc1. The van der Waals surface area contributed by atoms with Crippen molar-refractivity contribution in [1.82, 2.24) is 0 Å². The molecule has 8 aromatic carbocycles. The van der Waals surface area contributed by atoms with Crippen molar-refractivity contribution in [2.45, 2.75) is 9.79 Å². The molecule has 6 heterocycles. The minimum absolute atomic E-state index is 0.0144. The zero-order chi connectivity index (χ0) is 36.2. The Morgan fingerprint density at radius 1 is 0.464 bits per heavy atom. The normalized spacial score (nSPS) is 14.2. The van der Waals surface area contributed by atoms with Gasteiger partial charge in [-0.05, 0) is 0 Å². The van der Waals surface area contributed by atoms with Gasteiger partial charge in [0.25, 0.3) is 0 Å². The molecule has 8 heteroatoms. The fraction of sp³-hybridized carbons (Fsp3) is 0. The summed E-state index contributed by atoms with van der Waals surface area (Å²) in [7, 11) is 0. The van der Waals surface area contributed by atoms with Gasteiger partial charge in [-0.2, -0.15) is 0 Å². The van der Waals surface area contributed by atoms with Crippen LogP contribution in [-0.2, 0) is 0 Å². The predicted octanol–water partition coefficient (Wildman–Crippen LogP) is 7.91. The molecule has 0 unspecified atom stereocenters. The average molecular weight is 859 g/mol. The summed E-state index contributed by atoms with van der Waals surface area (Å²) in [4.78, 5) is 5.22. The molecule has 0 saturated carbocycles. The van der Waals surface area contributed by atoms with Gasteiger partial charge >= 0.3 is 341 Å². The van der Waals surface area contributed by atoms with E-state index in [1.54, 1.807) is 0 Å². The number of benzene rings is 8. The topological polar surface area (TPSA) is 21.7 Å². The number of anilines is 3. The summed E-state index contributed by atoms with van der Waals surface area (Å²) in [5.41, 5.74) is 11.2. The maximum atomic E-state index is 7.27. The summed E-state index contributed by atoms with van der Waals surface area (Å²) in [6.45, 7) is 0.0345. The minimum atomic E-state index is -0.0144. The third-order valence-corrected chi connectivity index (χ3v) is 18.1. The van der Waals surface area contributed by atoms with Gasteiger partial charge in [0.15, 0.2) is 0 Å². The van der Waals surface area contributed by atoms with E-state index in [-0.39, 0.29) is 42.4 Å². The van der Waals surface area contributed by atoms with Crippen LogP contribution in [-0.4, -0.2) is 42.4 Å². The van der Waals surface area contributed by atoms with Crippen LogP contribution in [0, 0.1) is 0 Å². The second kappa shape index (κ2) is 11.2. The van der Waals surface area contributed by atoms with Gasteiger partial charge in [0.1, 0.15) is 0 Å². The Balaban J connectivity index is 1.11. The Labute approximate surface area is 339 Å². The molecule has 56 heavy (non-hydrogen) atoms. The zero-order valence-electron chi connectivity index (χ0n) is 29.6. The summed E-state index contributed by atoms with van der Waals surface area (Å²) < 4.78 is 19.9. The first kappa shape index (κ1) is 30.8. The number of ether oxygens (including phenoxy) is 2. The third-order valence-electron chi connectivity index (χ3n) is 12.2. The predicted molar refractivity (Wildman–Crippen MR) is 238 cm³/mol. The van der Waals surface area contributed by atoms with E-state index < -0.39 is 0 Å². The van der Waals surface area contributed by atoms with Crippen LogP contribution in [0.15, 0.2) is 161 Å². The Morgan fingerprint density at radius 2 is 1.09 bits per heavy atom. The number of fused-ring (bicyclic) bond motifs is 16. The van der Waals surface area contributed by atoms with E-state index in [1.165, 1.54) is 92.5 Å². The summed E-state index contributed by atoms with van der Waals surface area (Å²) in [5, 5.41) is 5.48. The molecule has 0 spiro atoms. The van der Waals surface area contributed by atoms with Crippen molar-refractivity contribution in [3.63, 3.8) is 0 Å². The molecule has 0 aliphatic carbocycles. The first-order valence-electron chi connectivity index (χ1n) is 19.0. The van der Waals surface area contributed by atoms with Crippen LogP contribution in [0.4, 0.5) is 17.1 Å². The molecular formula is C48H25B2NO2SSe2. The summed E-state index contributed by atoms with van der Waals surface area (Å²) in [6, 6.07) is 56.3. The van der Waals surface area contributed by atoms with E-state index in [9.17, 15) is 0 Å². The molecule has 4 aliphatic heterocycles. The fourth-order valence-electron chi connectivity index (χ4n) is 10.00. The van der Waals surface area contributed by atoms with Crippen molar-refractivity contribution < 1.29 is 9.47 Å². The van der Waals surface area contributed by atoms with E-state index in [2.05, 4.69) is 157 Å². The first-order valence-corrected chi connectivity index (χ1v) is 23.2. The molecule has 14 rings (SSSR count). The number of rotatable bonds is 1. The number of hydrogen-bond donors (Lipinski definition) is 0. The van der Waals surface area contributed by atoms with Gasteiger partial charge in [0.05, 0.1) is 0 Å². The molecule has 3 nitrogen and oxygen atoms in total. The van der Waals surface area contributed by atoms with Crippen molar-refractivity contribution in [2.75, 3.05) is 4.90 Å². The van der Waals surface area contributed by atoms with Gasteiger partial charge in [-0.1, -0.05) is 0 Å². The molecule has 258 valence electrons. The monoisotopic (exact) mass is 861 g/mol. The standard InChI is InChI=1S/C48H25B2NO2SSe2/c1-2-12-26(13-3-1)51-33-23-35-32(50-30-17-7-9-19-38(30)54-48-44-28-15-5-11-21-40(28)56-42(44)25-37(53-35)46(48)50)22-31(33)49-29-16-6-8-18-34(29)52-36-24-41-43(47(51)45(36)49)27-14-4-10-20-39(27)55-41/h1-25H. The van der Waals surface area contributed by atoms with E-state index in [4.69, 9.17) is 9.47 Å². The molecule has 0 N–H and O–H groups in total. The molecule has 0 saturated heterocycles. The van der Waals surface area contributed by atoms with Gasteiger partial charge in [-0.25, -0.2) is 0 Å². The summed E-state index contributed by atoms with van der Waals surface area (Å²) in [6.07, 6.45) is 0. The molecule has 0 bridgehead atoms. The summed E-state index contributed by atoms with van der Waals surface area (Å²) >= 11 is 2.33. The number of hydrogen-bond acceptors (Lipinski definition) is 4. The molecule has 0 radical (unpaired) electrons. The van der Waals surface area contributed by atoms with E-state index in [0.29, 0.717) is 0 Å². The Bertz CT molecular complexity index is 3400. The Hall–Kier alpha value is -5.32. The second-order valence-corrected chi connectivity index (χ2v) is 20.7. The molecule has 10 aromatic rings. The van der Waals surface area contributed by atoms with Crippen LogP contribution in [0.25, 0.3) is 38.6 Å². The molecule has 0 amide bonds.